The molecule has 2 aromatic rings. The Labute approximate surface area is 221 Å². The molecular weight excluding hydrogens is 466 g/mol. The smallest absolute Gasteiger partial charge is 0.408 e. The van der Waals surface area contributed by atoms with Gasteiger partial charge in [-0.1, -0.05) is 62.6 Å². The van der Waals surface area contributed by atoms with E-state index in [1.807, 2.05) is 45.0 Å². The van der Waals surface area contributed by atoms with Gasteiger partial charge in [-0.2, -0.15) is 0 Å². The summed E-state index contributed by atoms with van der Waals surface area (Å²) in [6.07, 6.45) is 5.72. The molecule has 2 N–H and O–H groups in total. The highest BCUT2D eigenvalue weighted by Gasteiger charge is 2.38. The summed E-state index contributed by atoms with van der Waals surface area (Å²) in [6.45, 7) is 13.0. The molecule has 0 bridgehead atoms. The van der Waals surface area contributed by atoms with Crippen LogP contribution in [0, 0.1) is 25.2 Å². The summed E-state index contributed by atoms with van der Waals surface area (Å²) in [4.78, 5) is 42.0. The molecule has 0 radical (unpaired) electrons. The number of benzene rings is 2. The second kappa shape index (κ2) is 13.0. The number of alkyl carbamates (subject to hydrolysis) is 1. The van der Waals surface area contributed by atoms with Gasteiger partial charge in [0.25, 0.3) is 5.91 Å². The molecule has 37 heavy (non-hydrogen) atoms. The van der Waals surface area contributed by atoms with Crippen LogP contribution >= 0.6 is 0 Å². The highest BCUT2D eigenvalue weighted by atomic mass is 16.6. The fraction of sp³-hybridized carbons (Fsp3) is 0.433. The van der Waals surface area contributed by atoms with Crippen molar-refractivity contribution in [3.63, 3.8) is 0 Å². The van der Waals surface area contributed by atoms with Crippen molar-refractivity contribution in [2.45, 2.75) is 72.6 Å². The van der Waals surface area contributed by atoms with Crippen LogP contribution in [-0.4, -0.2) is 41.0 Å². The van der Waals surface area contributed by atoms with E-state index in [0.29, 0.717) is 23.2 Å². The van der Waals surface area contributed by atoms with Gasteiger partial charge in [0.2, 0.25) is 5.91 Å². The standard InChI is InChI=1S/C30H39N3O4/c1-9-20(4)25(32-29(36)37-30(6,7)8)28(35)33(11-3)26(23-18-14-13-17-22(23)10-2)27(34)31-24-19-15-12-16-21(24)5/h2,12-20,25-26H,9,11H2,1,3-8H3,(H,31,34)(H,32,36). The lowest BCUT2D eigenvalue weighted by molar-refractivity contribution is -0.141. The first-order chi connectivity index (χ1) is 17.4. The summed E-state index contributed by atoms with van der Waals surface area (Å²) in [6, 6.07) is 12.6. The number of anilines is 1. The number of likely N-dealkylation sites (N-methyl/N-ethyl adjacent to an activating group) is 1. The van der Waals surface area contributed by atoms with Gasteiger partial charge in [-0.05, 0) is 63.8 Å². The Bertz CT molecular complexity index is 1150. The van der Waals surface area contributed by atoms with Crippen LogP contribution in [0.15, 0.2) is 48.5 Å². The van der Waals surface area contributed by atoms with E-state index in [-0.39, 0.29) is 18.4 Å². The molecule has 0 saturated heterocycles. The third-order valence-corrected chi connectivity index (χ3v) is 6.15. The minimum absolute atomic E-state index is 0.211. The van der Waals surface area contributed by atoms with Gasteiger partial charge in [0.05, 0.1) is 0 Å². The van der Waals surface area contributed by atoms with Crippen LogP contribution in [0.3, 0.4) is 0 Å². The average molecular weight is 506 g/mol. The maximum absolute atomic E-state index is 14.0. The normalized spacial score (nSPS) is 13.5. The lowest BCUT2D eigenvalue weighted by Gasteiger charge is -2.35. The van der Waals surface area contributed by atoms with Crippen LogP contribution in [0.2, 0.25) is 0 Å². The summed E-state index contributed by atoms with van der Waals surface area (Å²) in [5.41, 5.74) is 1.85. The maximum atomic E-state index is 14.0. The van der Waals surface area contributed by atoms with Gasteiger partial charge in [0.1, 0.15) is 17.7 Å². The monoisotopic (exact) mass is 505 g/mol. The van der Waals surface area contributed by atoms with Gasteiger partial charge >= 0.3 is 6.09 Å². The van der Waals surface area contributed by atoms with Gasteiger partial charge in [-0.15, -0.1) is 6.42 Å². The summed E-state index contributed by atoms with van der Waals surface area (Å²) in [7, 11) is 0. The molecule has 7 heteroatoms. The minimum atomic E-state index is -1.02. The number of aryl methyl sites for hydroxylation is 1. The molecule has 7 nitrogen and oxygen atoms in total. The lowest BCUT2D eigenvalue weighted by Crippen LogP contribution is -2.54. The number of hydrogen-bond donors (Lipinski definition) is 2. The molecule has 0 heterocycles. The van der Waals surface area contributed by atoms with Crippen molar-refractivity contribution >= 4 is 23.6 Å². The molecule has 0 saturated carbocycles. The first-order valence-corrected chi connectivity index (χ1v) is 12.6. The average Bonchev–Trinajstić information content (AvgIpc) is 2.85. The molecule has 0 aliphatic carbocycles. The van der Waals surface area contributed by atoms with Gasteiger partial charge in [0.15, 0.2) is 0 Å². The largest absolute Gasteiger partial charge is 0.444 e. The van der Waals surface area contributed by atoms with E-state index < -0.39 is 29.7 Å². The fourth-order valence-electron chi connectivity index (χ4n) is 3.99. The molecule has 2 rings (SSSR count). The number of terminal acetylenes is 1. The first kappa shape index (κ1) is 29.4. The molecule has 0 aliphatic heterocycles. The van der Waals surface area contributed by atoms with E-state index in [1.165, 1.54) is 4.90 Å². The zero-order valence-corrected chi connectivity index (χ0v) is 22.9. The van der Waals surface area contributed by atoms with Gasteiger partial charge in [0, 0.05) is 17.8 Å². The van der Waals surface area contributed by atoms with Crippen LogP contribution in [0.4, 0.5) is 10.5 Å². The highest BCUT2D eigenvalue weighted by molar-refractivity contribution is 5.99. The van der Waals surface area contributed by atoms with Crippen LogP contribution in [-0.2, 0) is 14.3 Å². The van der Waals surface area contributed by atoms with Crippen LogP contribution < -0.4 is 10.6 Å². The number of carbonyl (C=O) groups excluding carboxylic acids is 3. The Kier molecular flexibility index (Phi) is 10.3. The predicted molar refractivity (Wildman–Crippen MR) is 147 cm³/mol. The summed E-state index contributed by atoms with van der Waals surface area (Å²) in [5, 5.41) is 5.72. The van der Waals surface area contributed by atoms with Crippen LogP contribution in [0.25, 0.3) is 0 Å². The Morgan fingerprint density at radius 3 is 2.24 bits per heavy atom. The van der Waals surface area contributed by atoms with Crippen LogP contribution in [0.5, 0.6) is 0 Å². The Morgan fingerprint density at radius 1 is 1.05 bits per heavy atom. The molecule has 0 aromatic heterocycles. The van der Waals surface area contributed by atoms with E-state index >= 15 is 0 Å². The number of carbonyl (C=O) groups is 3. The Balaban J connectivity index is 2.54. The topological polar surface area (TPSA) is 87.7 Å². The summed E-state index contributed by atoms with van der Waals surface area (Å²) < 4.78 is 5.42. The van der Waals surface area contributed by atoms with Crippen LogP contribution in [0.1, 0.15) is 70.7 Å². The van der Waals surface area contributed by atoms with Gasteiger partial charge in [-0.3, -0.25) is 9.59 Å². The Morgan fingerprint density at radius 2 is 1.68 bits per heavy atom. The lowest BCUT2D eigenvalue weighted by atomic mass is 9.94. The van der Waals surface area contributed by atoms with E-state index in [0.717, 1.165) is 5.56 Å². The van der Waals surface area contributed by atoms with E-state index in [9.17, 15) is 14.4 Å². The summed E-state index contributed by atoms with van der Waals surface area (Å²) >= 11 is 0. The molecule has 3 atom stereocenters. The number of nitrogens with zero attached hydrogens (tertiary/aromatic N) is 1. The van der Waals surface area contributed by atoms with Crippen molar-refractivity contribution < 1.29 is 19.1 Å². The number of rotatable bonds is 9. The number of para-hydroxylation sites is 1. The number of nitrogens with one attached hydrogen (secondary N) is 2. The zero-order valence-electron chi connectivity index (χ0n) is 22.9. The third-order valence-electron chi connectivity index (χ3n) is 6.15. The molecule has 3 amide bonds. The number of amides is 3. The van der Waals surface area contributed by atoms with Gasteiger partial charge < -0.3 is 20.3 Å². The maximum Gasteiger partial charge on any atom is 0.408 e. The van der Waals surface area contributed by atoms with Crippen molar-refractivity contribution in [3.8, 4) is 12.3 Å². The minimum Gasteiger partial charge on any atom is -0.444 e. The third kappa shape index (κ3) is 7.85. The van der Waals surface area contributed by atoms with Crippen molar-refractivity contribution in [1.29, 1.82) is 0 Å². The molecule has 3 unspecified atom stereocenters. The molecule has 0 fully saturated rings. The molecular formula is C30H39N3O4. The van der Waals surface area contributed by atoms with Crippen molar-refractivity contribution in [1.82, 2.24) is 10.2 Å². The van der Waals surface area contributed by atoms with Crippen molar-refractivity contribution in [3.05, 3.63) is 65.2 Å². The molecule has 2 aromatic carbocycles. The number of hydrogen-bond acceptors (Lipinski definition) is 4. The molecule has 0 spiro atoms. The van der Waals surface area contributed by atoms with E-state index in [2.05, 4.69) is 16.6 Å². The predicted octanol–water partition coefficient (Wildman–Crippen LogP) is 5.44. The second-order valence-electron chi connectivity index (χ2n) is 10.1. The Hall–Kier alpha value is -3.79. The van der Waals surface area contributed by atoms with E-state index in [4.69, 9.17) is 11.2 Å². The van der Waals surface area contributed by atoms with Gasteiger partial charge in [-0.25, -0.2) is 4.79 Å². The second-order valence-corrected chi connectivity index (χ2v) is 10.1. The zero-order chi connectivity index (χ0) is 27.8. The SMILES string of the molecule is C#Cc1ccccc1C(C(=O)Nc1ccccc1C)N(CC)C(=O)C(NC(=O)OC(C)(C)C)C(C)CC. The van der Waals surface area contributed by atoms with Crippen molar-refractivity contribution in [2.24, 2.45) is 5.92 Å². The first-order valence-electron chi connectivity index (χ1n) is 12.6. The number of ether oxygens (including phenoxy) is 1. The quantitative estimate of drug-likeness (QED) is 0.444. The molecule has 0 aliphatic rings. The molecule has 198 valence electrons. The fourth-order valence-corrected chi connectivity index (χ4v) is 3.99. The highest BCUT2D eigenvalue weighted by Crippen LogP contribution is 2.28. The van der Waals surface area contributed by atoms with Crippen molar-refractivity contribution in [2.75, 3.05) is 11.9 Å². The van der Waals surface area contributed by atoms with E-state index in [1.54, 1.807) is 52.0 Å². The summed E-state index contributed by atoms with van der Waals surface area (Å²) in [5.74, 6) is 1.64.